The maximum atomic E-state index is 8.06. The second kappa shape index (κ2) is 19.4. The lowest BCUT2D eigenvalue weighted by atomic mass is 9.92. The average molecular weight is 956 g/mol. The van der Waals surface area contributed by atoms with Gasteiger partial charge in [0.2, 0.25) is 0 Å². The monoisotopic (exact) mass is 955 g/mol. The molecule has 0 saturated heterocycles. The summed E-state index contributed by atoms with van der Waals surface area (Å²) in [4.78, 5) is 20.2. The summed E-state index contributed by atoms with van der Waals surface area (Å²) in [5.41, 5.74) is 19.1. The fourth-order valence-electron chi connectivity index (χ4n) is 10.4. The van der Waals surface area contributed by atoms with E-state index in [4.69, 9.17) is 21.5 Å². The molecule has 13 aromatic rings. The smallest absolute Gasteiger partial charge is 0.188 e. The normalized spacial score (nSPS) is 11.2. The van der Waals surface area contributed by atoms with E-state index in [9.17, 15) is 0 Å². The van der Waals surface area contributed by atoms with Gasteiger partial charge in [-0.25, -0.2) is 19.8 Å². The number of aromatic nitrogens is 4. The number of hydrogen-bond acceptors (Lipinski definition) is 3. The molecule has 0 unspecified atom stereocenters. The van der Waals surface area contributed by atoms with Gasteiger partial charge < -0.3 is 4.57 Å². The Morgan fingerprint density at radius 1 is 0.267 bits per heavy atom. The van der Waals surface area contributed by atoms with Crippen LogP contribution in [0.3, 0.4) is 0 Å². The second-order valence-electron chi connectivity index (χ2n) is 18.7. The molecule has 350 valence electrons. The summed E-state index contributed by atoms with van der Waals surface area (Å²) in [5.74, 6) is 1.68. The summed E-state index contributed by atoms with van der Waals surface area (Å²) in [7, 11) is 0. The van der Waals surface area contributed by atoms with E-state index < -0.39 is 0 Å². The van der Waals surface area contributed by atoms with E-state index in [1.807, 2.05) is 36.4 Å². The SMILES string of the molecule is [C-]#[N+]c1ccc2c(c1)c1cc(-c3ccccc3)ccc1n2-c1c(-c2ccccc2)cc(-c2nc(-c3ccc(-c4ccccc4)cc3)nc(-c3cc(-c4ccccc4)cc(-c4ccccc4)c3)n2)cc1-c1ccccc1. The van der Waals surface area contributed by atoms with E-state index in [1.54, 1.807) is 0 Å². The highest BCUT2D eigenvalue weighted by molar-refractivity contribution is 6.13. The van der Waals surface area contributed by atoms with Crippen LogP contribution in [0.5, 0.6) is 0 Å². The first-order valence-corrected chi connectivity index (χ1v) is 25.1. The highest BCUT2D eigenvalue weighted by Crippen LogP contribution is 2.45. The predicted octanol–water partition coefficient (Wildman–Crippen LogP) is 18.5. The van der Waals surface area contributed by atoms with Gasteiger partial charge in [0.1, 0.15) is 0 Å². The van der Waals surface area contributed by atoms with Crippen molar-refractivity contribution in [1.82, 2.24) is 19.5 Å². The molecule has 75 heavy (non-hydrogen) atoms. The summed E-state index contributed by atoms with van der Waals surface area (Å²) in [6.07, 6.45) is 0. The molecule has 5 heteroatoms. The fraction of sp³-hybridized carbons (Fsp3) is 0. The first-order chi connectivity index (χ1) is 37.1. The Balaban J connectivity index is 1.09. The molecule has 11 aromatic carbocycles. The molecule has 0 aliphatic rings. The van der Waals surface area contributed by atoms with Gasteiger partial charge in [-0.05, 0) is 116 Å². The van der Waals surface area contributed by atoms with E-state index in [-0.39, 0.29) is 0 Å². The topological polar surface area (TPSA) is 48.0 Å². The Morgan fingerprint density at radius 3 is 1.07 bits per heavy atom. The van der Waals surface area contributed by atoms with Crippen LogP contribution in [0, 0.1) is 6.57 Å². The molecule has 0 aliphatic carbocycles. The molecule has 2 aromatic heterocycles. The summed E-state index contributed by atoms with van der Waals surface area (Å²) in [5, 5.41) is 2.08. The molecular formula is C70H45N5. The van der Waals surface area contributed by atoms with Gasteiger partial charge in [0, 0.05) is 33.2 Å². The van der Waals surface area contributed by atoms with Crippen molar-refractivity contribution in [3.63, 3.8) is 0 Å². The van der Waals surface area contributed by atoms with Gasteiger partial charge >= 0.3 is 0 Å². The lowest BCUT2D eigenvalue weighted by molar-refractivity contribution is 1.07. The second-order valence-corrected chi connectivity index (χ2v) is 18.7. The molecule has 0 fully saturated rings. The van der Waals surface area contributed by atoms with Crippen molar-refractivity contribution in [2.24, 2.45) is 0 Å². The highest BCUT2D eigenvalue weighted by atomic mass is 15.0. The Hall–Kier alpha value is -10.3. The fourth-order valence-corrected chi connectivity index (χ4v) is 10.4. The first-order valence-electron chi connectivity index (χ1n) is 25.1. The standard InChI is InChI=1S/C70H45N5/c1-71-60-37-39-66-64(46-60)63-43-55(48-22-10-3-11-23-48)36-38-65(63)75(66)67-61(52-28-16-6-17-29-52)44-59(45-62(67)53-30-18-7-19-31-53)70-73-68(54-34-32-51(33-35-54)47-20-8-2-9-21-47)72-69(74-70)58-41-56(49-24-12-4-13-25-49)40-57(42-58)50-26-14-5-15-27-50/h2-46H. The molecule has 0 N–H and O–H groups in total. The molecular weight excluding hydrogens is 911 g/mol. The van der Waals surface area contributed by atoms with Gasteiger partial charge in [-0.3, -0.25) is 0 Å². The van der Waals surface area contributed by atoms with Crippen molar-refractivity contribution in [3.8, 4) is 107 Å². The van der Waals surface area contributed by atoms with Gasteiger partial charge in [0.25, 0.3) is 0 Å². The van der Waals surface area contributed by atoms with Crippen molar-refractivity contribution < 1.29 is 0 Å². The summed E-state index contributed by atoms with van der Waals surface area (Å²) >= 11 is 0. The minimum Gasteiger partial charge on any atom is -0.308 e. The van der Waals surface area contributed by atoms with Crippen molar-refractivity contribution in [3.05, 3.63) is 284 Å². The van der Waals surface area contributed by atoms with E-state index >= 15 is 0 Å². The minimum absolute atomic E-state index is 0.547. The predicted molar refractivity (Wildman–Crippen MR) is 309 cm³/mol. The lowest BCUT2D eigenvalue weighted by Crippen LogP contribution is -2.04. The van der Waals surface area contributed by atoms with E-state index in [0.717, 1.165) is 111 Å². The minimum atomic E-state index is 0.547. The Morgan fingerprint density at radius 2 is 0.600 bits per heavy atom. The van der Waals surface area contributed by atoms with Crippen molar-refractivity contribution in [1.29, 1.82) is 0 Å². The molecule has 0 amide bonds. The van der Waals surface area contributed by atoms with Gasteiger partial charge in [-0.1, -0.05) is 218 Å². The molecule has 5 nitrogen and oxygen atoms in total. The maximum absolute atomic E-state index is 8.06. The van der Waals surface area contributed by atoms with Crippen LogP contribution in [-0.2, 0) is 0 Å². The van der Waals surface area contributed by atoms with Gasteiger partial charge in [-0.15, -0.1) is 0 Å². The van der Waals surface area contributed by atoms with Crippen LogP contribution in [-0.4, -0.2) is 19.5 Å². The first kappa shape index (κ1) is 44.6. The van der Waals surface area contributed by atoms with Crippen LogP contribution in [0.25, 0.3) is 133 Å². The summed E-state index contributed by atoms with van der Waals surface area (Å²) in [6, 6.07) is 95.5. The Bertz CT molecular complexity index is 4130. The molecule has 13 rings (SSSR count). The summed E-state index contributed by atoms with van der Waals surface area (Å²) < 4.78 is 2.39. The molecule has 0 radical (unpaired) electrons. The van der Waals surface area contributed by atoms with Crippen molar-refractivity contribution in [2.75, 3.05) is 0 Å². The van der Waals surface area contributed by atoms with E-state index in [0.29, 0.717) is 23.2 Å². The van der Waals surface area contributed by atoms with Crippen LogP contribution < -0.4 is 0 Å². The largest absolute Gasteiger partial charge is 0.308 e. The van der Waals surface area contributed by atoms with Gasteiger partial charge in [0.05, 0.1) is 23.3 Å². The average Bonchev–Trinajstić information content (AvgIpc) is 3.82. The lowest BCUT2D eigenvalue weighted by Gasteiger charge is -2.21. The third kappa shape index (κ3) is 8.63. The zero-order valence-corrected chi connectivity index (χ0v) is 40.7. The van der Waals surface area contributed by atoms with Crippen LogP contribution in [0.2, 0.25) is 0 Å². The molecule has 0 aliphatic heterocycles. The Kier molecular flexibility index (Phi) is 11.5. The summed E-state index contributed by atoms with van der Waals surface area (Å²) in [6.45, 7) is 8.06. The zero-order valence-electron chi connectivity index (χ0n) is 40.7. The number of nitrogens with zero attached hydrogens (tertiary/aromatic N) is 5. The number of rotatable bonds is 10. The van der Waals surface area contributed by atoms with Crippen molar-refractivity contribution >= 4 is 27.5 Å². The quantitative estimate of drug-likeness (QED) is 0.128. The van der Waals surface area contributed by atoms with Crippen LogP contribution in [0.4, 0.5) is 5.69 Å². The third-order valence-corrected chi connectivity index (χ3v) is 14.0. The van der Waals surface area contributed by atoms with Crippen LogP contribution in [0.15, 0.2) is 273 Å². The van der Waals surface area contributed by atoms with E-state index in [2.05, 4.69) is 246 Å². The zero-order chi connectivity index (χ0) is 50.1. The van der Waals surface area contributed by atoms with Gasteiger partial charge in [0.15, 0.2) is 23.2 Å². The molecule has 0 saturated carbocycles. The molecule has 0 spiro atoms. The third-order valence-electron chi connectivity index (χ3n) is 14.0. The highest BCUT2D eigenvalue weighted by Gasteiger charge is 2.24. The van der Waals surface area contributed by atoms with Crippen LogP contribution >= 0.6 is 0 Å². The number of hydrogen-bond donors (Lipinski definition) is 0. The molecule has 0 bridgehead atoms. The van der Waals surface area contributed by atoms with E-state index in [1.165, 1.54) is 0 Å². The van der Waals surface area contributed by atoms with Crippen LogP contribution in [0.1, 0.15) is 0 Å². The van der Waals surface area contributed by atoms with Gasteiger partial charge in [-0.2, -0.15) is 0 Å². The maximum Gasteiger partial charge on any atom is 0.188 e. The Labute approximate surface area is 435 Å². The van der Waals surface area contributed by atoms with Crippen molar-refractivity contribution in [2.45, 2.75) is 0 Å². The number of benzene rings is 11. The molecule has 0 atom stereocenters. The number of fused-ring (bicyclic) bond motifs is 3. The molecule has 2 heterocycles.